The molecular weight excluding hydrogens is 373 g/mol. The first kappa shape index (κ1) is 18.6. The number of rotatable bonds is 5. The molecule has 0 aromatic heterocycles. The summed E-state index contributed by atoms with van der Waals surface area (Å²) in [5.41, 5.74) is 1.94. The lowest BCUT2D eigenvalue weighted by atomic mass is 10.0. The van der Waals surface area contributed by atoms with E-state index in [2.05, 4.69) is 0 Å². The number of nitrogens with one attached hydrogen (secondary N) is 1. The number of benzene rings is 2. The third-order valence-corrected chi connectivity index (χ3v) is 4.50. The zero-order chi connectivity index (χ0) is 17.9. The van der Waals surface area contributed by atoms with Gasteiger partial charge < -0.3 is 4.74 Å². The molecule has 2 aromatic rings. The van der Waals surface area contributed by atoms with Crippen molar-refractivity contribution in [1.82, 2.24) is 4.72 Å². The highest BCUT2D eigenvalue weighted by molar-refractivity contribution is 7.89. The van der Waals surface area contributed by atoms with Crippen LogP contribution in [0.3, 0.4) is 0 Å². The molecule has 0 fully saturated rings. The lowest BCUT2D eigenvalue weighted by Gasteiger charge is -2.11. The van der Waals surface area contributed by atoms with Crippen LogP contribution in [0.25, 0.3) is 0 Å². The number of hydrogen-bond donors (Lipinski definition) is 1. The first-order valence-corrected chi connectivity index (χ1v) is 9.47. The van der Waals surface area contributed by atoms with Crippen molar-refractivity contribution in [2.45, 2.75) is 6.42 Å². The molecule has 0 radical (unpaired) electrons. The van der Waals surface area contributed by atoms with E-state index >= 15 is 0 Å². The van der Waals surface area contributed by atoms with E-state index in [1.165, 1.54) is 19.2 Å². The second kappa shape index (κ2) is 7.42. The van der Waals surface area contributed by atoms with Gasteiger partial charge in [-0.3, -0.25) is 4.79 Å². The molecule has 0 aliphatic rings. The molecule has 1 N–H and O–H groups in total. The van der Waals surface area contributed by atoms with Crippen molar-refractivity contribution in [3.8, 4) is 5.75 Å². The second-order valence-electron chi connectivity index (χ2n) is 5.16. The third-order valence-electron chi connectivity index (χ3n) is 3.21. The summed E-state index contributed by atoms with van der Waals surface area (Å²) in [6.07, 6.45) is 1.44. The first-order valence-electron chi connectivity index (χ1n) is 6.82. The minimum absolute atomic E-state index is 0.190. The molecule has 8 heteroatoms. The third kappa shape index (κ3) is 4.87. The minimum atomic E-state index is -3.63. The lowest BCUT2D eigenvalue weighted by Crippen LogP contribution is -2.29. The van der Waals surface area contributed by atoms with E-state index in [9.17, 15) is 13.2 Å². The van der Waals surface area contributed by atoms with E-state index < -0.39 is 15.9 Å². The lowest BCUT2D eigenvalue weighted by molar-refractivity contribution is 0.0981. The average Bonchev–Trinajstić information content (AvgIpc) is 2.49. The summed E-state index contributed by atoms with van der Waals surface area (Å²) in [4.78, 5) is 11.9. The smallest absolute Gasteiger partial charge is 0.264 e. The molecule has 0 bridgehead atoms. The van der Waals surface area contributed by atoms with Gasteiger partial charge in [-0.2, -0.15) is 0 Å². The molecule has 0 heterocycles. The molecule has 2 rings (SSSR count). The number of methoxy groups -OCH3 is 1. The Balaban J connectivity index is 2.28. The molecule has 0 spiro atoms. The van der Waals surface area contributed by atoms with Gasteiger partial charge in [-0.1, -0.05) is 35.3 Å². The van der Waals surface area contributed by atoms with Crippen LogP contribution in [0.5, 0.6) is 5.75 Å². The molecular formula is C16H15Cl2NO4S. The van der Waals surface area contributed by atoms with E-state index in [0.29, 0.717) is 22.2 Å². The van der Waals surface area contributed by atoms with Crippen molar-refractivity contribution in [3.63, 3.8) is 0 Å². The van der Waals surface area contributed by atoms with Gasteiger partial charge in [-0.05, 0) is 35.4 Å². The Kier molecular flexibility index (Phi) is 5.74. The van der Waals surface area contributed by atoms with Crippen LogP contribution in [0.2, 0.25) is 10.0 Å². The van der Waals surface area contributed by atoms with Gasteiger partial charge in [-0.15, -0.1) is 0 Å². The maximum atomic E-state index is 11.9. The van der Waals surface area contributed by atoms with Crippen LogP contribution < -0.4 is 9.46 Å². The van der Waals surface area contributed by atoms with Crippen LogP contribution >= 0.6 is 23.2 Å². The maximum absolute atomic E-state index is 11.9. The Morgan fingerprint density at radius 1 is 1.12 bits per heavy atom. The van der Waals surface area contributed by atoms with Crippen LogP contribution in [0, 0.1) is 0 Å². The monoisotopic (exact) mass is 387 g/mol. The Morgan fingerprint density at radius 2 is 1.83 bits per heavy atom. The second-order valence-corrected chi connectivity index (χ2v) is 7.72. The number of halogens is 2. The van der Waals surface area contributed by atoms with Gasteiger partial charge in [0.2, 0.25) is 10.0 Å². The fourth-order valence-corrected chi connectivity index (χ4v) is 2.90. The molecule has 5 nitrogen and oxygen atoms in total. The normalized spacial score (nSPS) is 11.2. The number of hydrogen-bond acceptors (Lipinski definition) is 4. The van der Waals surface area contributed by atoms with Crippen molar-refractivity contribution in [3.05, 3.63) is 63.1 Å². The summed E-state index contributed by atoms with van der Waals surface area (Å²) < 4.78 is 29.5. The Hall–Kier alpha value is -1.76. The number of carbonyl (C=O) groups excluding carboxylic acids is 1. The summed E-state index contributed by atoms with van der Waals surface area (Å²) in [5.74, 6) is -0.237. The highest BCUT2D eigenvalue weighted by atomic mass is 35.5. The Bertz CT molecular complexity index is 882. The van der Waals surface area contributed by atoms with Crippen LogP contribution in [0.4, 0.5) is 0 Å². The van der Waals surface area contributed by atoms with E-state index in [1.807, 2.05) is 10.8 Å². The van der Waals surface area contributed by atoms with Crippen LogP contribution in [0.15, 0.2) is 36.4 Å². The average molecular weight is 388 g/mol. The largest absolute Gasteiger partial charge is 0.496 e. The summed E-state index contributed by atoms with van der Waals surface area (Å²) >= 11 is 11.9. The van der Waals surface area contributed by atoms with Gasteiger partial charge in [0.25, 0.3) is 5.91 Å². The SMILES string of the molecule is COc1cc(C(=O)NS(C)(=O)=O)ccc1Cc1ccc(Cl)c(Cl)c1. The highest BCUT2D eigenvalue weighted by Crippen LogP contribution is 2.27. The molecule has 0 aliphatic carbocycles. The van der Waals surface area contributed by atoms with Gasteiger partial charge >= 0.3 is 0 Å². The molecule has 1 amide bonds. The Morgan fingerprint density at radius 3 is 2.42 bits per heavy atom. The zero-order valence-electron chi connectivity index (χ0n) is 13.0. The maximum Gasteiger partial charge on any atom is 0.264 e. The first-order chi connectivity index (χ1) is 11.2. The highest BCUT2D eigenvalue weighted by Gasteiger charge is 2.14. The van der Waals surface area contributed by atoms with E-state index in [1.54, 1.807) is 18.2 Å². The topological polar surface area (TPSA) is 72.5 Å². The standard InChI is InChI=1S/C16H15Cl2NO4S/c1-23-15-9-12(16(20)19-24(2,21)22)5-4-11(15)7-10-3-6-13(17)14(18)8-10/h3-6,8-9H,7H2,1-2H3,(H,19,20). The fourth-order valence-electron chi connectivity index (χ4n) is 2.13. The van der Waals surface area contributed by atoms with Crippen LogP contribution in [-0.4, -0.2) is 27.7 Å². The number of sulfonamides is 1. The van der Waals surface area contributed by atoms with Crippen molar-refractivity contribution in [2.24, 2.45) is 0 Å². The van der Waals surface area contributed by atoms with E-state index in [4.69, 9.17) is 27.9 Å². The molecule has 0 unspecified atom stereocenters. The van der Waals surface area contributed by atoms with Crippen LogP contribution in [0.1, 0.15) is 21.5 Å². The molecule has 24 heavy (non-hydrogen) atoms. The summed E-state index contributed by atoms with van der Waals surface area (Å²) in [7, 11) is -2.15. The molecule has 0 atom stereocenters. The van der Waals surface area contributed by atoms with E-state index in [0.717, 1.165) is 17.4 Å². The minimum Gasteiger partial charge on any atom is -0.496 e. The number of amides is 1. The predicted octanol–water partition coefficient (Wildman–Crippen LogP) is 3.28. The molecule has 2 aromatic carbocycles. The predicted molar refractivity (Wildman–Crippen MR) is 94.6 cm³/mol. The van der Waals surface area contributed by atoms with Gasteiger partial charge in [0.15, 0.2) is 0 Å². The zero-order valence-corrected chi connectivity index (χ0v) is 15.3. The van der Waals surface area contributed by atoms with E-state index in [-0.39, 0.29) is 5.56 Å². The van der Waals surface area contributed by atoms with Crippen molar-refractivity contribution in [2.75, 3.05) is 13.4 Å². The van der Waals surface area contributed by atoms with Crippen molar-refractivity contribution >= 4 is 39.1 Å². The summed E-state index contributed by atoms with van der Waals surface area (Å²) in [5, 5.41) is 0.928. The number of carbonyl (C=O) groups is 1. The summed E-state index contributed by atoms with van der Waals surface area (Å²) in [6, 6.07) is 10.0. The van der Waals surface area contributed by atoms with Gasteiger partial charge in [0.05, 0.1) is 23.4 Å². The Labute approximate surface area is 150 Å². The molecule has 0 saturated heterocycles. The number of ether oxygens (including phenoxy) is 1. The quantitative estimate of drug-likeness (QED) is 0.853. The fraction of sp³-hybridized carbons (Fsp3) is 0.188. The molecule has 0 aliphatic heterocycles. The van der Waals surface area contributed by atoms with Gasteiger partial charge in [0.1, 0.15) is 5.75 Å². The van der Waals surface area contributed by atoms with Gasteiger partial charge in [-0.25, -0.2) is 13.1 Å². The van der Waals surface area contributed by atoms with Crippen molar-refractivity contribution in [1.29, 1.82) is 0 Å². The summed E-state index contributed by atoms with van der Waals surface area (Å²) in [6.45, 7) is 0. The van der Waals surface area contributed by atoms with Crippen molar-refractivity contribution < 1.29 is 17.9 Å². The van der Waals surface area contributed by atoms with Crippen LogP contribution in [-0.2, 0) is 16.4 Å². The molecule has 0 saturated carbocycles. The van der Waals surface area contributed by atoms with Gasteiger partial charge in [0, 0.05) is 12.0 Å². The molecule has 128 valence electrons.